The third kappa shape index (κ3) is 6.33. The van der Waals surface area contributed by atoms with Crippen LogP contribution in [-0.4, -0.2) is 4.57 Å². The van der Waals surface area contributed by atoms with Gasteiger partial charge in [-0.15, -0.1) is 0 Å². The summed E-state index contributed by atoms with van der Waals surface area (Å²) in [6, 6.07) is 87.1. The van der Waals surface area contributed by atoms with Crippen LogP contribution in [0.5, 0.6) is 0 Å². The molecule has 0 fully saturated rings. The maximum absolute atomic E-state index is 2.45. The summed E-state index contributed by atoms with van der Waals surface area (Å²) in [5, 5.41) is 10.0. The van der Waals surface area contributed by atoms with Gasteiger partial charge in [0.05, 0.1) is 16.7 Å². The Hall–Kier alpha value is -8.46. The number of benzene rings is 11. The molecule has 1 aromatic heterocycles. The molecule has 1 heterocycles. The van der Waals surface area contributed by atoms with Gasteiger partial charge in [0.15, 0.2) is 0 Å². The Morgan fingerprint density at radius 1 is 0.364 bits per heavy atom. The first-order valence-electron chi connectivity index (χ1n) is 23.0. The molecule has 0 saturated carbocycles. The highest BCUT2D eigenvalue weighted by Gasteiger charge is 2.21. The van der Waals surface area contributed by atoms with Crippen molar-refractivity contribution < 1.29 is 0 Å². The molecule has 0 atom stereocenters. The maximum Gasteiger partial charge on any atom is 0.0619 e. The second-order valence-electron chi connectivity index (χ2n) is 17.6. The van der Waals surface area contributed by atoms with E-state index in [2.05, 4.69) is 252 Å². The maximum atomic E-state index is 2.45. The number of rotatable bonds is 7. The van der Waals surface area contributed by atoms with Crippen molar-refractivity contribution in [2.75, 3.05) is 4.90 Å². The molecule has 0 unspecified atom stereocenters. The predicted molar refractivity (Wildman–Crippen MR) is 281 cm³/mol. The standard InChI is InChI=1S/C64H44N2/c1-2-17-47-40-50(31-30-43(47)14-1)56-38-39-63(59-26-8-7-25-58(56)59)65(52-21-12-20-49(42-52)55-28-13-18-45-15-3-5-23-54(45)55)51-35-32-44(33-36-51)48-19-11-22-53(41-48)66-62-29-10-9-27-60(62)61-37-34-46-16-4-6-24-57(46)64(61)66/h1-29,32-42H,30-31H2. The molecule has 11 aromatic carbocycles. The normalized spacial score (nSPS) is 12.5. The van der Waals surface area contributed by atoms with Gasteiger partial charge in [-0.05, 0) is 127 Å². The zero-order valence-corrected chi connectivity index (χ0v) is 36.4. The average Bonchev–Trinajstić information content (AvgIpc) is 3.74. The van der Waals surface area contributed by atoms with Gasteiger partial charge >= 0.3 is 0 Å². The molecule has 66 heavy (non-hydrogen) atoms. The van der Waals surface area contributed by atoms with Crippen molar-refractivity contribution >= 4 is 82.8 Å². The Kier molecular flexibility index (Phi) is 9.02. The third-order valence-electron chi connectivity index (χ3n) is 13.9. The van der Waals surface area contributed by atoms with Crippen LogP contribution in [0.25, 0.3) is 93.7 Å². The predicted octanol–water partition coefficient (Wildman–Crippen LogP) is 17.5. The number of aromatic nitrogens is 1. The highest BCUT2D eigenvalue weighted by Crippen LogP contribution is 2.45. The topological polar surface area (TPSA) is 8.17 Å². The van der Waals surface area contributed by atoms with Gasteiger partial charge < -0.3 is 9.47 Å². The summed E-state index contributed by atoms with van der Waals surface area (Å²) >= 11 is 0. The van der Waals surface area contributed by atoms with E-state index in [0.717, 1.165) is 35.6 Å². The van der Waals surface area contributed by atoms with Crippen molar-refractivity contribution in [2.24, 2.45) is 0 Å². The molecule has 1 aliphatic carbocycles. The van der Waals surface area contributed by atoms with Gasteiger partial charge in [0.25, 0.3) is 0 Å². The summed E-state index contributed by atoms with van der Waals surface area (Å²) in [6.07, 6.45) is 4.48. The van der Waals surface area contributed by atoms with Gasteiger partial charge in [-0.25, -0.2) is 0 Å². The second kappa shape index (κ2) is 15.7. The van der Waals surface area contributed by atoms with Gasteiger partial charge in [0.2, 0.25) is 0 Å². The van der Waals surface area contributed by atoms with Crippen LogP contribution in [-0.2, 0) is 6.42 Å². The van der Waals surface area contributed by atoms with Crippen molar-refractivity contribution in [1.29, 1.82) is 0 Å². The smallest absolute Gasteiger partial charge is 0.0619 e. The van der Waals surface area contributed by atoms with E-state index in [1.807, 2.05) is 0 Å². The fraction of sp³-hybridized carbons (Fsp3) is 0.0312. The summed E-state index contributed by atoms with van der Waals surface area (Å²) < 4.78 is 2.45. The Labute approximate surface area is 384 Å². The summed E-state index contributed by atoms with van der Waals surface area (Å²) in [5.74, 6) is 0. The minimum atomic E-state index is 1.02. The fourth-order valence-corrected chi connectivity index (χ4v) is 10.7. The Bertz CT molecular complexity index is 3880. The van der Waals surface area contributed by atoms with Gasteiger partial charge in [-0.2, -0.15) is 0 Å². The molecule has 0 bridgehead atoms. The number of allylic oxidation sites excluding steroid dienone is 1. The molecule has 12 aromatic rings. The van der Waals surface area contributed by atoms with E-state index >= 15 is 0 Å². The van der Waals surface area contributed by atoms with Crippen LogP contribution >= 0.6 is 0 Å². The van der Waals surface area contributed by atoms with Crippen molar-refractivity contribution in [3.63, 3.8) is 0 Å². The molecular weight excluding hydrogens is 797 g/mol. The van der Waals surface area contributed by atoms with E-state index in [4.69, 9.17) is 0 Å². The van der Waals surface area contributed by atoms with Crippen LogP contribution in [0.4, 0.5) is 17.1 Å². The van der Waals surface area contributed by atoms with Gasteiger partial charge in [0.1, 0.15) is 0 Å². The monoisotopic (exact) mass is 840 g/mol. The van der Waals surface area contributed by atoms with E-state index in [0.29, 0.717) is 0 Å². The van der Waals surface area contributed by atoms with Crippen molar-refractivity contribution in [3.05, 3.63) is 253 Å². The molecule has 2 nitrogen and oxygen atoms in total. The summed E-state index contributed by atoms with van der Waals surface area (Å²) in [7, 11) is 0. The van der Waals surface area contributed by atoms with Crippen LogP contribution in [0.2, 0.25) is 0 Å². The van der Waals surface area contributed by atoms with Crippen LogP contribution in [0, 0.1) is 0 Å². The minimum absolute atomic E-state index is 1.02. The van der Waals surface area contributed by atoms with Crippen LogP contribution < -0.4 is 4.90 Å². The SMILES string of the molecule is C1=C(c2ccc(N(c3ccc(-c4cccc(-n5c6ccccc6c6ccc7ccccc7c65)c4)cc3)c3cccc(-c4cccc5ccccc45)c3)c3ccccc23)CCc2ccccc21. The Morgan fingerprint density at radius 2 is 1.05 bits per heavy atom. The number of aryl methyl sites for hydroxylation is 1. The molecule has 0 saturated heterocycles. The molecule has 0 spiro atoms. The highest BCUT2D eigenvalue weighted by molar-refractivity contribution is 6.18. The summed E-state index contributed by atoms with van der Waals surface area (Å²) in [4.78, 5) is 2.45. The van der Waals surface area contributed by atoms with Gasteiger partial charge in [-0.1, -0.05) is 194 Å². The van der Waals surface area contributed by atoms with Crippen LogP contribution in [0.1, 0.15) is 23.1 Å². The van der Waals surface area contributed by atoms with Crippen molar-refractivity contribution in [3.8, 4) is 27.9 Å². The average molecular weight is 841 g/mol. The first-order valence-corrected chi connectivity index (χ1v) is 23.0. The van der Waals surface area contributed by atoms with Gasteiger partial charge in [-0.3, -0.25) is 0 Å². The number of nitrogens with zero attached hydrogens (tertiary/aromatic N) is 2. The first-order chi connectivity index (χ1) is 32.7. The Balaban J connectivity index is 0.953. The minimum Gasteiger partial charge on any atom is -0.310 e. The molecular formula is C64H44N2. The van der Waals surface area contributed by atoms with Crippen molar-refractivity contribution in [1.82, 2.24) is 4.57 Å². The van der Waals surface area contributed by atoms with Crippen LogP contribution in [0.15, 0.2) is 237 Å². The molecule has 1 aliphatic rings. The van der Waals surface area contributed by atoms with Gasteiger partial charge in [0, 0.05) is 38.6 Å². The lowest BCUT2D eigenvalue weighted by atomic mass is 9.86. The molecule has 0 amide bonds. The van der Waals surface area contributed by atoms with Crippen LogP contribution in [0.3, 0.4) is 0 Å². The zero-order chi connectivity index (χ0) is 43.6. The highest BCUT2D eigenvalue weighted by atomic mass is 15.1. The lowest BCUT2D eigenvalue weighted by Gasteiger charge is -2.28. The van der Waals surface area contributed by atoms with E-state index in [1.54, 1.807) is 0 Å². The van der Waals surface area contributed by atoms with E-state index < -0.39 is 0 Å². The molecule has 0 aliphatic heterocycles. The van der Waals surface area contributed by atoms with E-state index in [-0.39, 0.29) is 0 Å². The summed E-state index contributed by atoms with van der Waals surface area (Å²) in [6.45, 7) is 0. The molecule has 13 rings (SSSR count). The zero-order valence-electron chi connectivity index (χ0n) is 36.4. The first kappa shape index (κ1) is 38.0. The number of hydrogen-bond donors (Lipinski definition) is 0. The number of fused-ring (bicyclic) bond motifs is 8. The quantitative estimate of drug-likeness (QED) is 0.155. The molecule has 310 valence electrons. The lowest BCUT2D eigenvalue weighted by Crippen LogP contribution is -2.11. The third-order valence-corrected chi connectivity index (χ3v) is 13.9. The molecule has 2 heteroatoms. The molecule has 0 radical (unpaired) electrons. The van der Waals surface area contributed by atoms with Crippen molar-refractivity contribution in [2.45, 2.75) is 12.8 Å². The Morgan fingerprint density at radius 3 is 1.92 bits per heavy atom. The molecule has 0 N–H and O–H groups in total. The van der Waals surface area contributed by atoms with E-state index in [9.17, 15) is 0 Å². The number of para-hydroxylation sites is 1. The second-order valence-corrected chi connectivity index (χ2v) is 17.6. The van der Waals surface area contributed by atoms with E-state index in [1.165, 1.54) is 98.6 Å². The largest absolute Gasteiger partial charge is 0.310 e. The summed E-state index contributed by atoms with van der Waals surface area (Å²) in [5.41, 5.74) is 17.2. The number of hydrogen-bond acceptors (Lipinski definition) is 1. The number of anilines is 3. The fourth-order valence-electron chi connectivity index (χ4n) is 10.7. The lowest BCUT2D eigenvalue weighted by molar-refractivity contribution is 1.00.